The van der Waals surface area contributed by atoms with Crippen molar-refractivity contribution in [1.29, 1.82) is 0 Å². The number of hydrogen-bond acceptors (Lipinski definition) is 3. The number of carbonyl (C=O) groups is 1. The molecule has 3 rings (SSSR count). The summed E-state index contributed by atoms with van der Waals surface area (Å²) in [5, 5.41) is 3.33. The molecular formula is C21H30N2O2. The fourth-order valence-electron chi connectivity index (χ4n) is 4.09. The minimum absolute atomic E-state index is 0.0255. The number of hydrogen-bond donors (Lipinski definition) is 1. The molecule has 0 saturated heterocycles. The molecule has 1 fully saturated rings. The van der Waals surface area contributed by atoms with Gasteiger partial charge in [-0.25, -0.2) is 0 Å². The number of nitrogens with one attached hydrogen (secondary N) is 1. The molecule has 0 bridgehead atoms. The zero-order chi connectivity index (χ0) is 17.6. The number of ether oxygens (including phenoxy) is 1. The molecular weight excluding hydrogens is 312 g/mol. The van der Waals surface area contributed by atoms with E-state index in [2.05, 4.69) is 22.4 Å². The second-order valence-corrected chi connectivity index (χ2v) is 7.27. The van der Waals surface area contributed by atoms with Crippen molar-refractivity contribution in [3.05, 3.63) is 47.5 Å². The van der Waals surface area contributed by atoms with Gasteiger partial charge >= 0.3 is 0 Å². The molecule has 4 heteroatoms. The van der Waals surface area contributed by atoms with Crippen LogP contribution in [0.2, 0.25) is 0 Å². The van der Waals surface area contributed by atoms with Crippen LogP contribution in [0.4, 0.5) is 0 Å². The van der Waals surface area contributed by atoms with Crippen molar-refractivity contribution in [3.8, 4) is 0 Å². The average molecular weight is 342 g/mol. The van der Waals surface area contributed by atoms with Gasteiger partial charge in [-0.1, -0.05) is 49.1 Å². The number of carbonyl (C=O) groups excluding carboxylic acids is 1. The molecule has 1 saturated carbocycles. The van der Waals surface area contributed by atoms with Crippen molar-refractivity contribution in [2.24, 2.45) is 0 Å². The van der Waals surface area contributed by atoms with Crippen LogP contribution >= 0.6 is 0 Å². The van der Waals surface area contributed by atoms with Crippen LogP contribution in [0, 0.1) is 6.92 Å². The van der Waals surface area contributed by atoms with Crippen molar-refractivity contribution in [2.75, 3.05) is 20.2 Å². The van der Waals surface area contributed by atoms with Gasteiger partial charge in [0.05, 0.1) is 12.1 Å². The predicted octanol–water partition coefficient (Wildman–Crippen LogP) is 3.31. The number of rotatable bonds is 4. The maximum atomic E-state index is 12.8. The van der Waals surface area contributed by atoms with Gasteiger partial charge in [0.15, 0.2) is 0 Å². The smallest absolute Gasteiger partial charge is 0.251 e. The van der Waals surface area contributed by atoms with E-state index in [4.69, 9.17) is 4.74 Å². The molecule has 3 unspecified atom stereocenters. The predicted molar refractivity (Wildman–Crippen MR) is 101 cm³/mol. The monoisotopic (exact) mass is 342 g/mol. The van der Waals surface area contributed by atoms with Crippen molar-refractivity contribution < 1.29 is 9.53 Å². The third kappa shape index (κ3) is 4.50. The van der Waals surface area contributed by atoms with Crippen LogP contribution in [0.15, 0.2) is 36.4 Å². The van der Waals surface area contributed by atoms with E-state index in [1.54, 1.807) is 0 Å². The summed E-state index contributed by atoms with van der Waals surface area (Å²) < 4.78 is 5.86. The maximum absolute atomic E-state index is 12.8. The van der Waals surface area contributed by atoms with Gasteiger partial charge in [0.25, 0.3) is 5.91 Å². The number of amides is 1. The van der Waals surface area contributed by atoms with E-state index in [-0.39, 0.29) is 24.1 Å². The Morgan fingerprint density at radius 1 is 1.08 bits per heavy atom. The molecule has 136 valence electrons. The van der Waals surface area contributed by atoms with E-state index in [0.29, 0.717) is 0 Å². The van der Waals surface area contributed by atoms with E-state index in [1.807, 2.05) is 38.3 Å². The van der Waals surface area contributed by atoms with E-state index < -0.39 is 0 Å². The molecule has 1 N–H and O–H groups in total. The highest BCUT2D eigenvalue weighted by molar-refractivity contribution is 5.94. The second-order valence-electron chi connectivity index (χ2n) is 7.27. The molecule has 1 amide bonds. The van der Waals surface area contributed by atoms with Crippen LogP contribution in [0.1, 0.15) is 48.0 Å². The second kappa shape index (κ2) is 8.63. The first-order chi connectivity index (χ1) is 12.2. The lowest BCUT2D eigenvalue weighted by atomic mass is 9.88. The molecule has 1 aliphatic heterocycles. The van der Waals surface area contributed by atoms with Crippen molar-refractivity contribution in [2.45, 2.75) is 57.2 Å². The lowest BCUT2D eigenvalue weighted by Crippen LogP contribution is -2.57. The Kier molecular flexibility index (Phi) is 6.27. The number of benzene rings is 1. The first kappa shape index (κ1) is 18.2. The van der Waals surface area contributed by atoms with Crippen LogP contribution in [0.25, 0.3) is 0 Å². The van der Waals surface area contributed by atoms with Crippen molar-refractivity contribution in [1.82, 2.24) is 10.2 Å². The molecule has 2 aliphatic rings. The summed E-state index contributed by atoms with van der Waals surface area (Å²) >= 11 is 0. The van der Waals surface area contributed by atoms with Crippen LogP contribution in [0.5, 0.6) is 0 Å². The van der Waals surface area contributed by atoms with Gasteiger partial charge in [-0.05, 0) is 31.9 Å². The Bertz CT molecular complexity index is 588. The molecule has 1 heterocycles. The third-order valence-electron chi connectivity index (χ3n) is 5.50. The summed E-state index contributed by atoms with van der Waals surface area (Å²) in [6.07, 6.45) is 10.2. The Hall–Kier alpha value is -1.65. The Balaban J connectivity index is 1.78. The van der Waals surface area contributed by atoms with E-state index in [9.17, 15) is 4.79 Å². The molecule has 1 aromatic carbocycles. The van der Waals surface area contributed by atoms with Gasteiger partial charge in [-0.3, -0.25) is 9.69 Å². The standard InChI is InChI=1S/C21H30N2O2/c1-16-10-12-17(13-11-16)21(24)22-18-8-4-3-5-9-19(25-2)20(18)23-14-6-7-15-23/h6-7,10-13,18-20H,3-5,8-9,14-15H2,1-2H3,(H,22,24). The van der Waals surface area contributed by atoms with E-state index in [0.717, 1.165) is 37.9 Å². The average Bonchev–Trinajstić information content (AvgIpc) is 3.12. The Morgan fingerprint density at radius 2 is 1.76 bits per heavy atom. The van der Waals surface area contributed by atoms with Gasteiger partial charge in [-0.2, -0.15) is 0 Å². The molecule has 3 atom stereocenters. The fourth-order valence-corrected chi connectivity index (χ4v) is 4.09. The zero-order valence-electron chi connectivity index (χ0n) is 15.4. The molecule has 25 heavy (non-hydrogen) atoms. The van der Waals surface area contributed by atoms with Gasteiger partial charge in [0.2, 0.25) is 0 Å². The van der Waals surface area contributed by atoms with Crippen LogP contribution in [-0.4, -0.2) is 49.2 Å². The van der Waals surface area contributed by atoms with Gasteiger partial charge in [0, 0.05) is 31.8 Å². The lowest BCUT2D eigenvalue weighted by molar-refractivity contribution is -0.00405. The fraction of sp³-hybridized carbons (Fsp3) is 0.571. The first-order valence-electron chi connectivity index (χ1n) is 9.48. The van der Waals surface area contributed by atoms with Crippen molar-refractivity contribution in [3.63, 3.8) is 0 Å². The maximum Gasteiger partial charge on any atom is 0.251 e. The summed E-state index contributed by atoms with van der Waals surface area (Å²) in [5.74, 6) is 0.0255. The highest BCUT2D eigenvalue weighted by Gasteiger charge is 2.36. The van der Waals surface area contributed by atoms with E-state index >= 15 is 0 Å². The first-order valence-corrected chi connectivity index (χ1v) is 9.48. The quantitative estimate of drug-likeness (QED) is 0.854. The molecule has 1 aromatic rings. The van der Waals surface area contributed by atoms with Gasteiger partial charge < -0.3 is 10.1 Å². The largest absolute Gasteiger partial charge is 0.380 e. The lowest BCUT2D eigenvalue weighted by Gasteiger charge is -2.41. The van der Waals surface area contributed by atoms with Crippen LogP contribution in [-0.2, 0) is 4.74 Å². The normalized spacial score (nSPS) is 27.7. The van der Waals surface area contributed by atoms with E-state index in [1.165, 1.54) is 18.4 Å². The molecule has 4 nitrogen and oxygen atoms in total. The minimum atomic E-state index is 0.0255. The summed E-state index contributed by atoms with van der Waals surface area (Å²) in [5.41, 5.74) is 1.91. The number of nitrogens with zero attached hydrogens (tertiary/aromatic N) is 1. The third-order valence-corrected chi connectivity index (χ3v) is 5.50. The molecule has 0 spiro atoms. The summed E-state index contributed by atoms with van der Waals surface area (Å²) in [7, 11) is 1.81. The summed E-state index contributed by atoms with van der Waals surface area (Å²) in [6.45, 7) is 3.93. The highest BCUT2D eigenvalue weighted by atomic mass is 16.5. The van der Waals surface area contributed by atoms with Gasteiger partial charge in [0.1, 0.15) is 0 Å². The number of methoxy groups -OCH3 is 1. The van der Waals surface area contributed by atoms with Crippen LogP contribution < -0.4 is 5.32 Å². The zero-order valence-corrected chi connectivity index (χ0v) is 15.4. The topological polar surface area (TPSA) is 41.6 Å². The molecule has 1 aliphatic carbocycles. The Morgan fingerprint density at radius 3 is 2.44 bits per heavy atom. The number of aryl methyl sites for hydroxylation is 1. The van der Waals surface area contributed by atoms with Crippen LogP contribution in [0.3, 0.4) is 0 Å². The summed E-state index contributed by atoms with van der Waals surface area (Å²) in [4.78, 5) is 15.2. The highest BCUT2D eigenvalue weighted by Crippen LogP contribution is 2.26. The van der Waals surface area contributed by atoms with Gasteiger partial charge in [-0.15, -0.1) is 0 Å². The SMILES string of the molecule is COC1CCCCCC(NC(=O)c2ccc(C)cc2)C1N1CC=CC1. The Labute approximate surface area is 151 Å². The minimum Gasteiger partial charge on any atom is -0.380 e. The summed E-state index contributed by atoms with van der Waals surface area (Å²) in [6, 6.07) is 8.16. The molecule has 0 aromatic heterocycles. The molecule has 0 radical (unpaired) electrons. The van der Waals surface area contributed by atoms with Crippen molar-refractivity contribution >= 4 is 5.91 Å².